The Morgan fingerprint density at radius 3 is 2.59 bits per heavy atom. The maximum atomic E-state index is 12.6. The highest BCUT2D eigenvalue weighted by atomic mass is 32.1. The number of hydrogen-bond donors (Lipinski definition) is 1. The predicted molar refractivity (Wildman–Crippen MR) is 123 cm³/mol. The van der Waals surface area contributed by atoms with Crippen molar-refractivity contribution in [3.05, 3.63) is 88.7 Å². The number of thiazole rings is 1. The molecule has 4 aromatic rings. The number of nitrogens with one attached hydrogen (secondary N) is 1. The second kappa shape index (κ2) is 9.03. The summed E-state index contributed by atoms with van der Waals surface area (Å²) in [4.78, 5) is 20.5. The van der Waals surface area contributed by atoms with E-state index in [1.807, 2.05) is 72.4 Å². The Kier molecular flexibility index (Phi) is 6.03. The maximum absolute atomic E-state index is 12.6. The molecule has 146 valence electrons. The van der Waals surface area contributed by atoms with Crippen molar-refractivity contribution in [3.63, 3.8) is 0 Å². The Morgan fingerprint density at radius 2 is 1.79 bits per heavy atom. The topological polar surface area (TPSA) is 45.2 Å². The standard InChI is InChI=1S/C23H21N3OS2/c1-26(15-17-8-3-2-4-9-17)20-11-6-5-10-19(20)25-22(27)14-18-16-29-23(24-18)21-12-7-13-28-21/h2-13,16H,14-15H2,1H3,(H,25,27). The van der Waals surface area contributed by atoms with Gasteiger partial charge in [-0.15, -0.1) is 22.7 Å². The van der Waals surface area contributed by atoms with Crippen LogP contribution in [-0.2, 0) is 17.8 Å². The minimum Gasteiger partial charge on any atom is -0.369 e. The number of benzene rings is 2. The van der Waals surface area contributed by atoms with Crippen LogP contribution in [0.4, 0.5) is 11.4 Å². The lowest BCUT2D eigenvalue weighted by Gasteiger charge is -2.22. The molecule has 29 heavy (non-hydrogen) atoms. The molecule has 2 heterocycles. The molecule has 0 saturated carbocycles. The van der Waals surface area contributed by atoms with Crippen LogP contribution in [0.15, 0.2) is 77.5 Å². The molecule has 2 aromatic carbocycles. The van der Waals surface area contributed by atoms with Gasteiger partial charge in [0.1, 0.15) is 5.01 Å². The van der Waals surface area contributed by atoms with Gasteiger partial charge in [-0.3, -0.25) is 4.79 Å². The molecule has 0 bridgehead atoms. The Labute approximate surface area is 178 Å². The second-order valence-corrected chi connectivity index (χ2v) is 8.51. The fourth-order valence-corrected chi connectivity index (χ4v) is 4.75. The van der Waals surface area contributed by atoms with E-state index >= 15 is 0 Å². The summed E-state index contributed by atoms with van der Waals surface area (Å²) < 4.78 is 0. The Bertz CT molecular complexity index is 1070. The summed E-state index contributed by atoms with van der Waals surface area (Å²) >= 11 is 3.23. The van der Waals surface area contributed by atoms with Gasteiger partial charge in [-0.05, 0) is 29.1 Å². The smallest absolute Gasteiger partial charge is 0.230 e. The molecule has 6 heteroatoms. The number of carbonyl (C=O) groups is 1. The molecular formula is C23H21N3OS2. The van der Waals surface area contributed by atoms with Crippen molar-refractivity contribution in [3.8, 4) is 9.88 Å². The number of carbonyl (C=O) groups excluding carboxylic acids is 1. The van der Waals surface area contributed by atoms with Gasteiger partial charge in [0.05, 0.1) is 28.4 Å². The van der Waals surface area contributed by atoms with Crippen LogP contribution in [0.1, 0.15) is 11.3 Å². The van der Waals surface area contributed by atoms with E-state index in [0.29, 0.717) is 0 Å². The lowest BCUT2D eigenvalue weighted by Crippen LogP contribution is -2.21. The zero-order valence-corrected chi connectivity index (χ0v) is 17.7. The fourth-order valence-electron chi connectivity index (χ4n) is 3.12. The highest BCUT2D eigenvalue weighted by molar-refractivity contribution is 7.20. The van der Waals surface area contributed by atoms with Crippen molar-refractivity contribution in [2.75, 3.05) is 17.3 Å². The highest BCUT2D eigenvalue weighted by Crippen LogP contribution is 2.29. The number of thiophene rings is 1. The number of aromatic nitrogens is 1. The lowest BCUT2D eigenvalue weighted by atomic mass is 10.2. The van der Waals surface area contributed by atoms with Crippen molar-refractivity contribution in [1.82, 2.24) is 4.98 Å². The zero-order chi connectivity index (χ0) is 20.1. The van der Waals surface area contributed by atoms with E-state index in [-0.39, 0.29) is 12.3 Å². The van der Waals surface area contributed by atoms with Crippen LogP contribution in [0.5, 0.6) is 0 Å². The van der Waals surface area contributed by atoms with Crippen molar-refractivity contribution in [2.24, 2.45) is 0 Å². The van der Waals surface area contributed by atoms with Crippen molar-refractivity contribution in [1.29, 1.82) is 0 Å². The number of anilines is 2. The molecule has 0 unspecified atom stereocenters. The lowest BCUT2D eigenvalue weighted by molar-refractivity contribution is -0.115. The monoisotopic (exact) mass is 419 g/mol. The maximum Gasteiger partial charge on any atom is 0.230 e. The quantitative estimate of drug-likeness (QED) is 0.419. The first-order valence-corrected chi connectivity index (χ1v) is 11.1. The SMILES string of the molecule is CN(Cc1ccccc1)c1ccccc1NC(=O)Cc1csc(-c2cccs2)n1. The number of hydrogen-bond acceptors (Lipinski definition) is 5. The molecule has 4 nitrogen and oxygen atoms in total. The molecule has 0 aliphatic heterocycles. The Balaban J connectivity index is 1.43. The molecule has 0 radical (unpaired) electrons. The van der Waals surface area contributed by atoms with Crippen LogP contribution in [0.3, 0.4) is 0 Å². The third kappa shape index (κ3) is 4.91. The van der Waals surface area contributed by atoms with Crippen LogP contribution in [0.25, 0.3) is 9.88 Å². The van der Waals surface area contributed by atoms with E-state index in [1.165, 1.54) is 5.56 Å². The summed E-state index contributed by atoms with van der Waals surface area (Å²) in [6.45, 7) is 0.768. The minimum absolute atomic E-state index is 0.0615. The van der Waals surface area contributed by atoms with E-state index in [9.17, 15) is 4.79 Å². The molecule has 0 aliphatic rings. The fraction of sp³-hybridized carbons (Fsp3) is 0.130. The molecular weight excluding hydrogens is 398 g/mol. The summed E-state index contributed by atoms with van der Waals surface area (Å²) in [6.07, 6.45) is 0.263. The third-order valence-corrected chi connectivity index (χ3v) is 6.41. The largest absolute Gasteiger partial charge is 0.369 e. The van der Waals surface area contributed by atoms with Crippen molar-refractivity contribution >= 4 is 40.0 Å². The number of rotatable bonds is 7. The van der Waals surface area contributed by atoms with Gasteiger partial charge < -0.3 is 10.2 Å². The molecule has 0 aliphatic carbocycles. The van der Waals surface area contributed by atoms with E-state index in [2.05, 4.69) is 27.3 Å². The molecule has 1 amide bonds. The molecule has 0 spiro atoms. The number of nitrogens with zero attached hydrogens (tertiary/aromatic N) is 2. The normalized spacial score (nSPS) is 10.7. The predicted octanol–water partition coefficient (Wildman–Crippen LogP) is 5.69. The first kappa shape index (κ1) is 19.4. The van der Waals surface area contributed by atoms with Crippen LogP contribution >= 0.6 is 22.7 Å². The van der Waals surface area contributed by atoms with Gasteiger partial charge in [-0.1, -0.05) is 48.5 Å². The van der Waals surface area contributed by atoms with Gasteiger partial charge in [-0.25, -0.2) is 4.98 Å². The van der Waals surface area contributed by atoms with Gasteiger partial charge in [0.15, 0.2) is 0 Å². The van der Waals surface area contributed by atoms with E-state index < -0.39 is 0 Å². The van der Waals surface area contributed by atoms with Gasteiger partial charge in [0, 0.05) is 19.0 Å². The van der Waals surface area contributed by atoms with E-state index in [4.69, 9.17) is 0 Å². The summed E-state index contributed by atoms with van der Waals surface area (Å²) in [5.74, 6) is -0.0615. The summed E-state index contributed by atoms with van der Waals surface area (Å²) in [5, 5.41) is 8.01. The second-order valence-electron chi connectivity index (χ2n) is 6.71. The van der Waals surface area contributed by atoms with Crippen LogP contribution in [-0.4, -0.2) is 17.9 Å². The molecule has 0 fully saturated rings. The number of para-hydroxylation sites is 2. The molecule has 0 saturated heterocycles. The van der Waals surface area contributed by atoms with Gasteiger partial charge in [-0.2, -0.15) is 0 Å². The summed E-state index contributed by atoms with van der Waals surface area (Å²) in [6, 6.07) is 22.2. The van der Waals surface area contributed by atoms with Gasteiger partial charge in [0.2, 0.25) is 5.91 Å². The van der Waals surface area contributed by atoms with E-state index in [0.717, 1.165) is 33.5 Å². The molecule has 4 rings (SSSR count). The molecule has 1 N–H and O–H groups in total. The first-order valence-electron chi connectivity index (χ1n) is 9.31. The van der Waals surface area contributed by atoms with Crippen LogP contribution in [0, 0.1) is 0 Å². The summed E-state index contributed by atoms with van der Waals surface area (Å²) in [7, 11) is 2.03. The highest BCUT2D eigenvalue weighted by Gasteiger charge is 2.13. The average Bonchev–Trinajstić information content (AvgIpc) is 3.41. The van der Waals surface area contributed by atoms with Crippen molar-refractivity contribution < 1.29 is 4.79 Å². The molecule has 0 atom stereocenters. The molecule has 2 aromatic heterocycles. The number of amides is 1. The Morgan fingerprint density at radius 1 is 1.00 bits per heavy atom. The zero-order valence-electron chi connectivity index (χ0n) is 16.0. The first-order chi connectivity index (χ1) is 14.2. The third-order valence-electron chi connectivity index (χ3n) is 4.48. The van der Waals surface area contributed by atoms with Gasteiger partial charge in [0.25, 0.3) is 0 Å². The minimum atomic E-state index is -0.0615. The van der Waals surface area contributed by atoms with Crippen LogP contribution < -0.4 is 10.2 Å². The van der Waals surface area contributed by atoms with Crippen molar-refractivity contribution in [2.45, 2.75) is 13.0 Å². The van der Waals surface area contributed by atoms with Crippen LogP contribution in [0.2, 0.25) is 0 Å². The Hall–Kier alpha value is -2.96. The average molecular weight is 420 g/mol. The van der Waals surface area contributed by atoms with E-state index in [1.54, 1.807) is 22.7 Å². The summed E-state index contributed by atoms with van der Waals surface area (Å²) in [5.41, 5.74) is 3.82. The van der Waals surface area contributed by atoms with Gasteiger partial charge >= 0.3 is 0 Å².